The van der Waals surface area contributed by atoms with E-state index < -0.39 is 23.7 Å². The zero-order valence-corrected chi connectivity index (χ0v) is 19.3. The van der Waals surface area contributed by atoms with Gasteiger partial charge in [0.15, 0.2) is 5.78 Å². The average Bonchev–Trinajstić information content (AvgIpc) is 2.76. The molecule has 1 aromatic rings. The first kappa shape index (κ1) is 22.9. The largest absolute Gasteiger partial charge is 0.512 e. The minimum absolute atomic E-state index is 0.0797. The number of primary amides is 1. The van der Waals surface area contributed by atoms with Crippen molar-refractivity contribution in [3.8, 4) is 5.75 Å². The lowest BCUT2D eigenvalue weighted by Gasteiger charge is -2.44. The van der Waals surface area contributed by atoms with Gasteiger partial charge < -0.3 is 26.2 Å². The number of likely N-dealkylation sites (tertiary alicyclic amines) is 1. The summed E-state index contributed by atoms with van der Waals surface area (Å²) in [5.74, 6) is -2.90. The molecule has 0 spiro atoms. The van der Waals surface area contributed by atoms with Crippen molar-refractivity contribution in [1.29, 1.82) is 0 Å². The molecule has 1 aromatic carbocycles. The minimum atomic E-state index is -1.52. The number of carbonyl (C=O) groups is 2. The summed E-state index contributed by atoms with van der Waals surface area (Å²) in [6, 6.07) is 3.46. The first-order valence-electron chi connectivity index (χ1n) is 12.1. The van der Waals surface area contributed by atoms with Gasteiger partial charge in [0.2, 0.25) is 0 Å². The molecule has 2 fully saturated rings. The summed E-state index contributed by atoms with van der Waals surface area (Å²) in [5, 5.41) is 42.9. The number of Topliss-reactive ketones (excluding diaryl/α,β-unsaturated/α-hetero) is 1. The van der Waals surface area contributed by atoms with Crippen LogP contribution in [-0.2, 0) is 22.6 Å². The van der Waals surface area contributed by atoms with Gasteiger partial charge in [-0.1, -0.05) is 13.0 Å². The number of allylic oxidation sites excluding steroid dienone is 2. The highest BCUT2D eigenvalue weighted by atomic mass is 16.3. The van der Waals surface area contributed by atoms with Gasteiger partial charge in [-0.3, -0.25) is 14.5 Å². The van der Waals surface area contributed by atoms with Crippen LogP contribution in [0.5, 0.6) is 5.75 Å². The summed E-state index contributed by atoms with van der Waals surface area (Å²) in [6.07, 6.45) is 1.81. The molecule has 8 heteroatoms. The molecule has 6 N–H and O–H groups in total. The van der Waals surface area contributed by atoms with Gasteiger partial charge in [-0.05, 0) is 73.7 Å². The summed E-state index contributed by atoms with van der Waals surface area (Å²) in [4.78, 5) is 27.7. The number of nitrogens with two attached hydrogens (primary N) is 1. The Kier molecular flexibility index (Phi) is 5.68. The molecule has 0 radical (unpaired) electrons. The second-order valence-corrected chi connectivity index (χ2v) is 10.5. The van der Waals surface area contributed by atoms with Crippen LogP contribution in [0.4, 0.5) is 0 Å². The summed E-state index contributed by atoms with van der Waals surface area (Å²) < 4.78 is 0. The van der Waals surface area contributed by atoms with Crippen molar-refractivity contribution in [1.82, 2.24) is 4.90 Å². The van der Waals surface area contributed by atoms with Crippen LogP contribution in [-0.4, -0.2) is 56.2 Å². The molecule has 1 heterocycles. The zero-order chi connectivity index (χ0) is 24.3. The van der Waals surface area contributed by atoms with E-state index in [9.17, 15) is 30.0 Å². The molecule has 4 unspecified atom stereocenters. The molecule has 3 aliphatic carbocycles. The highest BCUT2D eigenvalue weighted by Crippen LogP contribution is 2.51. The van der Waals surface area contributed by atoms with E-state index in [0.717, 1.165) is 43.6 Å². The first-order valence-corrected chi connectivity index (χ1v) is 12.1. The Morgan fingerprint density at radius 3 is 2.53 bits per heavy atom. The van der Waals surface area contributed by atoms with Crippen molar-refractivity contribution >= 4 is 17.4 Å². The number of hydrogen-bond acceptors (Lipinski definition) is 7. The molecule has 182 valence electrons. The summed E-state index contributed by atoms with van der Waals surface area (Å²) in [6.45, 7) is 4.98. The Morgan fingerprint density at radius 2 is 1.85 bits per heavy atom. The quantitative estimate of drug-likeness (QED) is 0.458. The average molecular weight is 469 g/mol. The number of carbonyl (C=O) groups excluding carboxylic acids is 2. The van der Waals surface area contributed by atoms with Crippen LogP contribution in [0.3, 0.4) is 0 Å². The van der Waals surface area contributed by atoms with Crippen molar-refractivity contribution in [2.24, 2.45) is 29.4 Å². The lowest BCUT2D eigenvalue weighted by Crippen LogP contribution is -2.49. The Labute approximate surface area is 198 Å². The lowest BCUT2D eigenvalue weighted by molar-refractivity contribution is -0.129. The number of rotatable bonds is 3. The Hall–Kier alpha value is -2.84. The van der Waals surface area contributed by atoms with Crippen molar-refractivity contribution in [2.45, 2.75) is 51.7 Å². The Morgan fingerprint density at radius 1 is 1.15 bits per heavy atom. The van der Waals surface area contributed by atoms with Crippen LogP contribution >= 0.6 is 0 Å². The molecule has 1 aliphatic heterocycles. The third-order valence-electron chi connectivity index (χ3n) is 8.34. The summed E-state index contributed by atoms with van der Waals surface area (Å²) >= 11 is 0. The number of hydrogen-bond donors (Lipinski definition) is 5. The highest BCUT2D eigenvalue weighted by molar-refractivity contribution is 6.07. The SMILES string of the molecule is CC1CCN(Cc2ccc(O)c3c2CC2CC4CC(O)=C(C(N)=O)C(O)C4C(=O)C2=C3O)CC1. The maximum Gasteiger partial charge on any atom is 0.250 e. The minimum Gasteiger partial charge on any atom is -0.512 e. The van der Waals surface area contributed by atoms with E-state index in [1.165, 1.54) is 0 Å². The number of aromatic hydroxyl groups is 1. The monoisotopic (exact) mass is 468 g/mol. The maximum absolute atomic E-state index is 13.5. The van der Waals surface area contributed by atoms with Crippen molar-refractivity contribution in [3.05, 3.63) is 45.7 Å². The first-order chi connectivity index (χ1) is 16.2. The van der Waals surface area contributed by atoms with E-state index in [-0.39, 0.29) is 46.7 Å². The number of aliphatic hydroxyl groups is 3. The Balaban J connectivity index is 1.52. The fraction of sp³-hybridized carbons (Fsp3) is 0.538. The van der Waals surface area contributed by atoms with Crippen molar-refractivity contribution in [3.63, 3.8) is 0 Å². The van der Waals surface area contributed by atoms with E-state index in [1.54, 1.807) is 6.07 Å². The van der Waals surface area contributed by atoms with E-state index >= 15 is 0 Å². The predicted octanol–water partition coefficient (Wildman–Crippen LogP) is 2.33. The zero-order valence-electron chi connectivity index (χ0n) is 19.3. The van der Waals surface area contributed by atoms with Crippen LogP contribution in [0, 0.1) is 23.7 Å². The number of amides is 1. The maximum atomic E-state index is 13.5. The van der Waals surface area contributed by atoms with Gasteiger partial charge in [-0.15, -0.1) is 0 Å². The topological polar surface area (TPSA) is 144 Å². The number of phenolic OH excluding ortho intramolecular Hbond substituents is 1. The van der Waals surface area contributed by atoms with Gasteiger partial charge in [0.05, 0.1) is 23.2 Å². The molecule has 1 amide bonds. The molecule has 4 aliphatic rings. The fourth-order valence-electron chi connectivity index (χ4n) is 6.49. The summed E-state index contributed by atoms with van der Waals surface area (Å²) in [7, 11) is 0. The van der Waals surface area contributed by atoms with Crippen LogP contribution in [0.15, 0.2) is 29.0 Å². The highest BCUT2D eigenvalue weighted by Gasteiger charge is 2.51. The van der Waals surface area contributed by atoms with Gasteiger partial charge in [0.1, 0.15) is 17.3 Å². The molecular formula is C26H32N2O6. The van der Waals surface area contributed by atoms with E-state index in [2.05, 4.69) is 11.8 Å². The van der Waals surface area contributed by atoms with Crippen molar-refractivity contribution in [2.75, 3.05) is 13.1 Å². The standard InChI is InChI=1S/C26H32N2O6/c1-12-4-6-28(7-5-12)11-13-2-3-17(29)21-16(13)9-14-8-15-10-18(30)22(26(27)34)25(33)20(15)23(31)19(14)24(21)32/h2-3,12,14-15,20,25,29-30,32-33H,4-11H2,1H3,(H2,27,34). The van der Waals surface area contributed by atoms with Gasteiger partial charge in [0.25, 0.3) is 5.91 Å². The molecule has 34 heavy (non-hydrogen) atoms. The van der Waals surface area contributed by atoms with Crippen LogP contribution < -0.4 is 5.73 Å². The summed E-state index contributed by atoms with van der Waals surface area (Å²) in [5.41, 5.74) is 7.37. The number of ketones is 1. The van der Waals surface area contributed by atoms with Gasteiger partial charge >= 0.3 is 0 Å². The van der Waals surface area contributed by atoms with E-state index in [0.29, 0.717) is 24.3 Å². The number of fused-ring (bicyclic) bond motifs is 3. The second-order valence-electron chi connectivity index (χ2n) is 10.5. The Bertz CT molecular complexity index is 1110. The molecule has 0 bridgehead atoms. The van der Waals surface area contributed by atoms with E-state index in [4.69, 9.17) is 5.73 Å². The van der Waals surface area contributed by atoms with E-state index in [1.807, 2.05) is 6.07 Å². The molecule has 5 rings (SSSR count). The third kappa shape index (κ3) is 3.60. The predicted molar refractivity (Wildman–Crippen MR) is 125 cm³/mol. The van der Waals surface area contributed by atoms with Gasteiger partial charge in [0, 0.05) is 18.5 Å². The molecule has 0 aromatic heterocycles. The van der Waals surface area contributed by atoms with Crippen molar-refractivity contribution < 1.29 is 30.0 Å². The smallest absolute Gasteiger partial charge is 0.250 e. The molecule has 1 saturated heterocycles. The number of aliphatic hydroxyl groups excluding tert-OH is 3. The molecule has 1 saturated carbocycles. The fourth-order valence-corrected chi connectivity index (χ4v) is 6.49. The molecule has 8 nitrogen and oxygen atoms in total. The number of piperidine rings is 1. The third-order valence-corrected chi connectivity index (χ3v) is 8.34. The molecule has 4 atom stereocenters. The normalized spacial score (nSPS) is 30.1. The van der Waals surface area contributed by atoms with Crippen LogP contribution in [0.1, 0.15) is 49.3 Å². The van der Waals surface area contributed by atoms with Gasteiger partial charge in [-0.25, -0.2) is 0 Å². The number of nitrogens with zero attached hydrogens (tertiary/aromatic N) is 1. The number of phenols is 1. The molecular weight excluding hydrogens is 436 g/mol. The second kappa shape index (κ2) is 8.43. The lowest BCUT2D eigenvalue weighted by atomic mass is 9.60. The van der Waals surface area contributed by atoms with Gasteiger partial charge in [-0.2, -0.15) is 0 Å². The van der Waals surface area contributed by atoms with Crippen LogP contribution in [0.25, 0.3) is 5.76 Å². The van der Waals surface area contributed by atoms with Crippen LogP contribution in [0.2, 0.25) is 0 Å². The number of benzene rings is 1.